The van der Waals surface area contributed by atoms with Crippen LogP contribution in [0.4, 0.5) is 0 Å². The number of carboxylic acid groups (broad SMARTS) is 1. The first-order valence-corrected chi connectivity index (χ1v) is 5.52. The van der Waals surface area contributed by atoms with Gasteiger partial charge in [0.25, 0.3) is 0 Å². The molecule has 0 spiro atoms. The van der Waals surface area contributed by atoms with Gasteiger partial charge in [-0.15, -0.1) is 0 Å². The number of hydrogen-bond donors (Lipinski definition) is 1. The minimum Gasteiger partial charge on any atom is -0.489 e. The summed E-state index contributed by atoms with van der Waals surface area (Å²) >= 11 is 0. The maximum Gasteiger partial charge on any atom is 0.371 e. The molecule has 5 nitrogen and oxygen atoms in total. The Hall–Kier alpha value is -2.30. The van der Waals surface area contributed by atoms with Gasteiger partial charge in [0.05, 0.1) is 12.3 Å². The van der Waals surface area contributed by atoms with Crippen molar-refractivity contribution in [2.45, 2.75) is 20.0 Å². The van der Waals surface area contributed by atoms with Gasteiger partial charge < -0.3 is 14.3 Å². The minimum absolute atomic E-state index is 0.0832. The number of aromatic nitrogens is 1. The molecule has 2 rings (SSSR count). The second-order valence-electron chi connectivity index (χ2n) is 4.01. The van der Waals surface area contributed by atoms with Crippen molar-refractivity contribution in [2.75, 3.05) is 0 Å². The fourth-order valence-electron chi connectivity index (χ4n) is 1.46. The molecule has 0 atom stereocenters. The van der Waals surface area contributed by atoms with E-state index < -0.39 is 5.97 Å². The summed E-state index contributed by atoms with van der Waals surface area (Å²) in [7, 11) is 0. The van der Waals surface area contributed by atoms with E-state index in [1.54, 1.807) is 24.4 Å². The Morgan fingerprint density at radius 3 is 2.61 bits per heavy atom. The molecule has 0 aliphatic rings. The highest BCUT2D eigenvalue weighted by Gasteiger charge is 2.11. The molecular formula is C13H13NO4. The van der Waals surface area contributed by atoms with Crippen LogP contribution in [0.25, 0.3) is 11.5 Å². The van der Waals surface area contributed by atoms with Gasteiger partial charge in [0, 0.05) is 0 Å². The van der Waals surface area contributed by atoms with Gasteiger partial charge in [0.2, 0.25) is 5.76 Å². The maximum absolute atomic E-state index is 10.7. The number of ether oxygens (including phenoxy) is 1. The fraction of sp³-hybridized carbons (Fsp3) is 0.231. The molecule has 0 fully saturated rings. The molecule has 2 aromatic heterocycles. The van der Waals surface area contributed by atoms with E-state index in [0.29, 0.717) is 17.2 Å². The van der Waals surface area contributed by atoms with Crippen LogP contribution in [0.2, 0.25) is 0 Å². The van der Waals surface area contributed by atoms with Crippen molar-refractivity contribution in [3.8, 4) is 17.2 Å². The molecule has 5 heteroatoms. The number of carboxylic acids is 1. The van der Waals surface area contributed by atoms with Crippen molar-refractivity contribution in [1.82, 2.24) is 4.98 Å². The molecule has 0 saturated carbocycles. The summed E-state index contributed by atoms with van der Waals surface area (Å²) in [5.41, 5.74) is 0.568. The Kier molecular flexibility index (Phi) is 3.32. The molecule has 2 heterocycles. The molecule has 94 valence electrons. The van der Waals surface area contributed by atoms with Gasteiger partial charge in [-0.2, -0.15) is 0 Å². The zero-order valence-electron chi connectivity index (χ0n) is 10.1. The van der Waals surface area contributed by atoms with E-state index >= 15 is 0 Å². The highest BCUT2D eigenvalue weighted by molar-refractivity contribution is 5.85. The summed E-state index contributed by atoms with van der Waals surface area (Å²) in [6.45, 7) is 3.86. The summed E-state index contributed by atoms with van der Waals surface area (Å²) in [5.74, 6) is -0.113. The van der Waals surface area contributed by atoms with Gasteiger partial charge >= 0.3 is 5.97 Å². The Morgan fingerprint density at radius 1 is 1.33 bits per heavy atom. The number of hydrogen-bond acceptors (Lipinski definition) is 4. The first-order chi connectivity index (χ1) is 8.56. The lowest BCUT2D eigenvalue weighted by atomic mass is 10.3. The number of furan rings is 1. The lowest BCUT2D eigenvalue weighted by Gasteiger charge is -2.08. The lowest BCUT2D eigenvalue weighted by molar-refractivity contribution is 0.0663. The molecule has 0 unspecified atom stereocenters. The predicted octanol–water partition coefficient (Wildman–Crippen LogP) is 2.83. The Labute approximate surface area is 104 Å². The molecule has 0 aromatic carbocycles. The van der Waals surface area contributed by atoms with Crippen LogP contribution in [-0.4, -0.2) is 22.2 Å². The third kappa shape index (κ3) is 2.68. The normalized spacial score (nSPS) is 10.6. The van der Waals surface area contributed by atoms with Gasteiger partial charge in [0.1, 0.15) is 11.4 Å². The van der Waals surface area contributed by atoms with Crippen LogP contribution in [-0.2, 0) is 0 Å². The predicted molar refractivity (Wildman–Crippen MR) is 64.7 cm³/mol. The maximum atomic E-state index is 10.7. The molecule has 0 amide bonds. The first-order valence-electron chi connectivity index (χ1n) is 5.52. The lowest BCUT2D eigenvalue weighted by Crippen LogP contribution is -2.05. The van der Waals surface area contributed by atoms with E-state index in [1.807, 2.05) is 13.8 Å². The summed E-state index contributed by atoms with van der Waals surface area (Å²) in [6, 6.07) is 6.47. The monoisotopic (exact) mass is 247 g/mol. The van der Waals surface area contributed by atoms with Crippen molar-refractivity contribution >= 4 is 5.97 Å². The molecule has 0 radical (unpaired) electrons. The number of aromatic carboxylic acids is 1. The smallest absolute Gasteiger partial charge is 0.371 e. The van der Waals surface area contributed by atoms with E-state index in [4.69, 9.17) is 14.3 Å². The number of carbonyl (C=O) groups is 1. The minimum atomic E-state index is -1.10. The summed E-state index contributed by atoms with van der Waals surface area (Å²) in [5, 5.41) is 8.75. The standard InChI is InChI=1S/C13H13NO4/c1-8(2)17-9-3-4-10(14-7-9)11-5-6-12(18-11)13(15)16/h3-8H,1-2H3,(H,15,16). The van der Waals surface area contributed by atoms with Crippen LogP contribution in [0, 0.1) is 0 Å². The van der Waals surface area contributed by atoms with Crippen LogP contribution in [0.1, 0.15) is 24.4 Å². The molecule has 0 aliphatic carbocycles. The molecule has 0 saturated heterocycles. The van der Waals surface area contributed by atoms with Crippen molar-refractivity contribution in [2.24, 2.45) is 0 Å². The highest BCUT2D eigenvalue weighted by Crippen LogP contribution is 2.22. The van der Waals surface area contributed by atoms with Crippen LogP contribution in [0.5, 0.6) is 5.75 Å². The second kappa shape index (κ2) is 4.91. The molecule has 0 aliphatic heterocycles. The zero-order valence-corrected chi connectivity index (χ0v) is 10.1. The van der Waals surface area contributed by atoms with Crippen LogP contribution >= 0.6 is 0 Å². The number of nitrogens with zero attached hydrogens (tertiary/aromatic N) is 1. The number of rotatable bonds is 4. The number of pyridine rings is 1. The van der Waals surface area contributed by atoms with Gasteiger partial charge in [-0.1, -0.05) is 0 Å². The average molecular weight is 247 g/mol. The SMILES string of the molecule is CC(C)Oc1ccc(-c2ccc(C(=O)O)o2)nc1. The largest absolute Gasteiger partial charge is 0.489 e. The molecular weight excluding hydrogens is 234 g/mol. The third-order valence-corrected chi connectivity index (χ3v) is 2.18. The second-order valence-corrected chi connectivity index (χ2v) is 4.01. The van der Waals surface area contributed by atoms with Crippen LogP contribution in [0.15, 0.2) is 34.9 Å². The summed E-state index contributed by atoms with van der Waals surface area (Å²) in [4.78, 5) is 14.8. The van der Waals surface area contributed by atoms with E-state index in [9.17, 15) is 4.79 Å². The summed E-state index contributed by atoms with van der Waals surface area (Å²) < 4.78 is 10.6. The van der Waals surface area contributed by atoms with E-state index in [2.05, 4.69) is 4.98 Å². The Balaban J connectivity index is 2.20. The van der Waals surface area contributed by atoms with Crippen molar-refractivity contribution in [3.63, 3.8) is 0 Å². The highest BCUT2D eigenvalue weighted by atomic mass is 16.5. The van der Waals surface area contributed by atoms with E-state index in [0.717, 1.165) is 0 Å². The quantitative estimate of drug-likeness (QED) is 0.899. The average Bonchev–Trinajstić information content (AvgIpc) is 2.78. The molecule has 2 aromatic rings. The van der Waals surface area contributed by atoms with Crippen molar-refractivity contribution < 1.29 is 19.1 Å². The van der Waals surface area contributed by atoms with Gasteiger partial charge in [-0.05, 0) is 38.1 Å². The molecule has 0 bridgehead atoms. The van der Waals surface area contributed by atoms with E-state index in [1.165, 1.54) is 6.07 Å². The van der Waals surface area contributed by atoms with E-state index in [-0.39, 0.29) is 11.9 Å². The zero-order chi connectivity index (χ0) is 13.1. The van der Waals surface area contributed by atoms with Crippen molar-refractivity contribution in [3.05, 3.63) is 36.2 Å². The van der Waals surface area contributed by atoms with Crippen LogP contribution in [0.3, 0.4) is 0 Å². The topological polar surface area (TPSA) is 72.6 Å². The van der Waals surface area contributed by atoms with Gasteiger partial charge in [0.15, 0.2) is 5.76 Å². The first kappa shape index (κ1) is 12.2. The van der Waals surface area contributed by atoms with Gasteiger partial charge in [-0.3, -0.25) is 0 Å². The summed E-state index contributed by atoms with van der Waals surface area (Å²) in [6.07, 6.45) is 1.66. The molecule has 1 N–H and O–H groups in total. The van der Waals surface area contributed by atoms with Crippen LogP contribution < -0.4 is 4.74 Å². The Morgan fingerprint density at radius 2 is 2.11 bits per heavy atom. The van der Waals surface area contributed by atoms with Gasteiger partial charge in [-0.25, -0.2) is 9.78 Å². The Bertz CT molecular complexity index is 542. The van der Waals surface area contributed by atoms with Crippen molar-refractivity contribution in [1.29, 1.82) is 0 Å². The molecule has 18 heavy (non-hydrogen) atoms. The fourth-order valence-corrected chi connectivity index (χ4v) is 1.46. The third-order valence-electron chi connectivity index (χ3n) is 2.18.